The third-order valence-electron chi connectivity index (χ3n) is 3.13. The van der Waals surface area contributed by atoms with Crippen molar-refractivity contribution in [2.45, 2.75) is 0 Å². The first-order chi connectivity index (χ1) is 9.81. The number of rotatable bonds is 1. The van der Waals surface area contributed by atoms with E-state index in [0.717, 1.165) is 16.4 Å². The standard InChI is InChI=1S/C14H10N6/c15-10-2-1-9-8-18-20(12(9)7-10)13-4-3-11-14(19-13)17-6-5-16-11/h1-8H,15H2. The van der Waals surface area contributed by atoms with Gasteiger partial charge in [0.15, 0.2) is 11.5 Å². The smallest absolute Gasteiger partial charge is 0.180 e. The molecular weight excluding hydrogens is 252 g/mol. The normalized spacial score (nSPS) is 11.2. The second kappa shape index (κ2) is 3.99. The predicted molar refractivity (Wildman–Crippen MR) is 76.4 cm³/mol. The van der Waals surface area contributed by atoms with Crippen molar-refractivity contribution < 1.29 is 0 Å². The quantitative estimate of drug-likeness (QED) is 0.530. The highest BCUT2D eigenvalue weighted by molar-refractivity contribution is 5.83. The third kappa shape index (κ3) is 1.58. The molecule has 0 spiro atoms. The van der Waals surface area contributed by atoms with Gasteiger partial charge >= 0.3 is 0 Å². The molecule has 96 valence electrons. The van der Waals surface area contributed by atoms with Crippen LogP contribution in [0.2, 0.25) is 0 Å². The van der Waals surface area contributed by atoms with Crippen molar-refractivity contribution in [3.05, 3.63) is 48.9 Å². The van der Waals surface area contributed by atoms with Crippen LogP contribution in [0.5, 0.6) is 0 Å². The van der Waals surface area contributed by atoms with E-state index in [1.807, 2.05) is 30.3 Å². The molecule has 20 heavy (non-hydrogen) atoms. The second-order valence-corrected chi connectivity index (χ2v) is 4.44. The molecule has 0 saturated heterocycles. The Bertz CT molecular complexity index is 927. The van der Waals surface area contributed by atoms with Crippen molar-refractivity contribution in [2.75, 3.05) is 5.73 Å². The molecule has 3 aromatic heterocycles. The Hall–Kier alpha value is -3.02. The van der Waals surface area contributed by atoms with E-state index in [9.17, 15) is 0 Å². The maximum atomic E-state index is 5.84. The predicted octanol–water partition coefficient (Wildman–Crippen LogP) is 1.95. The molecule has 1 aromatic carbocycles. The molecule has 3 heterocycles. The minimum atomic E-state index is 0.595. The number of nitrogens with two attached hydrogens (primary N) is 1. The lowest BCUT2D eigenvalue weighted by Gasteiger charge is -2.04. The fourth-order valence-electron chi connectivity index (χ4n) is 2.18. The van der Waals surface area contributed by atoms with E-state index in [1.165, 1.54) is 0 Å². The van der Waals surface area contributed by atoms with Crippen molar-refractivity contribution in [1.29, 1.82) is 0 Å². The van der Waals surface area contributed by atoms with Crippen molar-refractivity contribution >= 4 is 27.8 Å². The third-order valence-corrected chi connectivity index (χ3v) is 3.13. The summed E-state index contributed by atoms with van der Waals surface area (Å²) in [6, 6.07) is 9.42. The number of hydrogen-bond donors (Lipinski definition) is 1. The summed E-state index contributed by atoms with van der Waals surface area (Å²) in [7, 11) is 0. The first kappa shape index (κ1) is 10.9. The van der Waals surface area contributed by atoms with Crippen molar-refractivity contribution in [1.82, 2.24) is 24.7 Å². The van der Waals surface area contributed by atoms with Crippen molar-refractivity contribution in [3.8, 4) is 5.82 Å². The van der Waals surface area contributed by atoms with Crippen LogP contribution in [0.1, 0.15) is 0 Å². The van der Waals surface area contributed by atoms with Crippen LogP contribution < -0.4 is 5.73 Å². The summed E-state index contributed by atoms with van der Waals surface area (Å²) in [4.78, 5) is 12.9. The Kier molecular flexibility index (Phi) is 2.17. The van der Waals surface area contributed by atoms with E-state index in [-0.39, 0.29) is 0 Å². The van der Waals surface area contributed by atoms with Crippen LogP contribution in [0.25, 0.3) is 27.9 Å². The van der Waals surface area contributed by atoms with Crippen LogP contribution in [0.4, 0.5) is 5.69 Å². The highest BCUT2D eigenvalue weighted by Gasteiger charge is 2.07. The van der Waals surface area contributed by atoms with Crippen LogP contribution >= 0.6 is 0 Å². The number of pyridine rings is 1. The lowest BCUT2D eigenvalue weighted by Crippen LogP contribution is -2.00. The molecule has 0 radical (unpaired) electrons. The van der Waals surface area contributed by atoms with Gasteiger partial charge in [-0.3, -0.25) is 4.98 Å². The van der Waals surface area contributed by atoms with E-state index in [2.05, 4.69) is 20.1 Å². The molecule has 0 bridgehead atoms. The molecule has 0 amide bonds. The lowest BCUT2D eigenvalue weighted by molar-refractivity contribution is 0.878. The Morgan fingerprint density at radius 1 is 1.00 bits per heavy atom. The number of hydrogen-bond acceptors (Lipinski definition) is 5. The molecule has 6 heteroatoms. The number of anilines is 1. The Morgan fingerprint density at radius 3 is 2.85 bits per heavy atom. The average Bonchev–Trinajstić information content (AvgIpc) is 2.89. The molecule has 0 aliphatic carbocycles. The van der Waals surface area contributed by atoms with Gasteiger partial charge in [0, 0.05) is 23.5 Å². The summed E-state index contributed by atoms with van der Waals surface area (Å²) in [5.41, 5.74) is 8.80. The van der Waals surface area contributed by atoms with Gasteiger partial charge in [0.25, 0.3) is 0 Å². The SMILES string of the molecule is Nc1ccc2cnn(-c3ccc4nccnc4n3)c2c1. The van der Waals surface area contributed by atoms with Crippen molar-refractivity contribution in [3.63, 3.8) is 0 Å². The van der Waals surface area contributed by atoms with Gasteiger partial charge in [0.2, 0.25) is 0 Å². The van der Waals surface area contributed by atoms with Crippen LogP contribution in [0.15, 0.2) is 48.9 Å². The number of nitrogens with zero attached hydrogens (tertiary/aromatic N) is 5. The van der Waals surface area contributed by atoms with Gasteiger partial charge in [-0.05, 0) is 30.3 Å². The Labute approximate surface area is 113 Å². The van der Waals surface area contributed by atoms with E-state index in [0.29, 0.717) is 17.2 Å². The largest absolute Gasteiger partial charge is 0.399 e. The molecule has 0 fully saturated rings. The van der Waals surface area contributed by atoms with Gasteiger partial charge in [0.05, 0.1) is 11.7 Å². The van der Waals surface area contributed by atoms with Gasteiger partial charge in [0.1, 0.15) is 5.52 Å². The van der Waals surface area contributed by atoms with Crippen LogP contribution in [-0.4, -0.2) is 24.7 Å². The summed E-state index contributed by atoms with van der Waals surface area (Å²) in [5, 5.41) is 5.38. The Morgan fingerprint density at radius 2 is 1.90 bits per heavy atom. The fraction of sp³-hybridized carbons (Fsp3) is 0. The zero-order valence-electron chi connectivity index (χ0n) is 10.4. The lowest BCUT2D eigenvalue weighted by atomic mass is 10.2. The van der Waals surface area contributed by atoms with E-state index >= 15 is 0 Å². The Balaban J connectivity index is 1.98. The van der Waals surface area contributed by atoms with Gasteiger partial charge in [-0.2, -0.15) is 5.10 Å². The molecule has 0 aliphatic rings. The van der Waals surface area contributed by atoms with Gasteiger partial charge in [-0.25, -0.2) is 14.6 Å². The first-order valence-electron chi connectivity index (χ1n) is 6.13. The van der Waals surface area contributed by atoms with Crippen LogP contribution in [0.3, 0.4) is 0 Å². The highest BCUT2D eigenvalue weighted by atomic mass is 15.3. The maximum absolute atomic E-state index is 5.84. The molecule has 0 aliphatic heterocycles. The molecule has 0 atom stereocenters. The van der Waals surface area contributed by atoms with Gasteiger partial charge in [-0.15, -0.1) is 0 Å². The monoisotopic (exact) mass is 262 g/mol. The first-order valence-corrected chi connectivity index (χ1v) is 6.13. The molecule has 4 aromatic rings. The number of fused-ring (bicyclic) bond motifs is 2. The number of benzene rings is 1. The molecule has 6 nitrogen and oxygen atoms in total. The van der Waals surface area contributed by atoms with Gasteiger partial charge in [-0.1, -0.05) is 0 Å². The maximum Gasteiger partial charge on any atom is 0.180 e. The molecule has 4 rings (SSSR count). The number of nitrogen functional groups attached to an aromatic ring is 1. The van der Waals surface area contributed by atoms with Crippen LogP contribution in [0, 0.1) is 0 Å². The average molecular weight is 262 g/mol. The summed E-state index contributed by atoms with van der Waals surface area (Å²) < 4.78 is 1.75. The molecule has 0 unspecified atom stereocenters. The molecule has 0 saturated carbocycles. The van der Waals surface area contributed by atoms with E-state index in [4.69, 9.17) is 5.73 Å². The summed E-state index contributed by atoms with van der Waals surface area (Å²) in [6.45, 7) is 0. The summed E-state index contributed by atoms with van der Waals surface area (Å²) >= 11 is 0. The van der Waals surface area contributed by atoms with Crippen LogP contribution in [-0.2, 0) is 0 Å². The van der Waals surface area contributed by atoms with E-state index in [1.54, 1.807) is 23.3 Å². The zero-order valence-corrected chi connectivity index (χ0v) is 10.4. The van der Waals surface area contributed by atoms with Crippen molar-refractivity contribution in [2.24, 2.45) is 0 Å². The second-order valence-electron chi connectivity index (χ2n) is 4.44. The number of aromatic nitrogens is 5. The van der Waals surface area contributed by atoms with E-state index < -0.39 is 0 Å². The summed E-state index contributed by atoms with van der Waals surface area (Å²) in [6.07, 6.45) is 5.06. The molecular formula is C14H10N6. The summed E-state index contributed by atoms with van der Waals surface area (Å²) in [5.74, 6) is 0.693. The van der Waals surface area contributed by atoms with Gasteiger partial charge < -0.3 is 5.73 Å². The minimum absolute atomic E-state index is 0.595. The molecule has 2 N–H and O–H groups in total. The highest BCUT2D eigenvalue weighted by Crippen LogP contribution is 2.20. The fourth-order valence-corrected chi connectivity index (χ4v) is 2.18. The zero-order chi connectivity index (χ0) is 13.5. The minimum Gasteiger partial charge on any atom is -0.399 e. The topological polar surface area (TPSA) is 82.5 Å².